The van der Waals surface area contributed by atoms with Crippen LogP contribution in [0.4, 0.5) is 0 Å². The standard InChI is InChI=1S/C15H20BrNO4/c1-3-4-10(15(19)20)9-17-14(18)8-11-7-12(21-2)5-6-13(11)16/h5-7,10H,3-4,8-9H2,1-2H3,(H,17,18)(H,19,20). The molecule has 2 N–H and O–H groups in total. The molecule has 1 amide bonds. The zero-order valence-electron chi connectivity index (χ0n) is 12.2. The lowest BCUT2D eigenvalue weighted by molar-refractivity contribution is -0.141. The van der Waals surface area contributed by atoms with E-state index >= 15 is 0 Å². The summed E-state index contributed by atoms with van der Waals surface area (Å²) < 4.78 is 5.94. The lowest BCUT2D eigenvalue weighted by atomic mass is 10.0. The van der Waals surface area contributed by atoms with Crippen LogP contribution in [-0.4, -0.2) is 30.6 Å². The number of benzene rings is 1. The molecule has 0 aromatic heterocycles. The van der Waals surface area contributed by atoms with Crippen molar-refractivity contribution in [1.82, 2.24) is 5.32 Å². The summed E-state index contributed by atoms with van der Waals surface area (Å²) in [6.45, 7) is 2.08. The van der Waals surface area contributed by atoms with Gasteiger partial charge in [-0.15, -0.1) is 0 Å². The van der Waals surface area contributed by atoms with Crippen LogP contribution in [0.3, 0.4) is 0 Å². The van der Waals surface area contributed by atoms with Crippen LogP contribution in [0.2, 0.25) is 0 Å². The fourth-order valence-electron chi connectivity index (χ4n) is 1.95. The Morgan fingerprint density at radius 1 is 1.43 bits per heavy atom. The molecule has 0 spiro atoms. The van der Waals surface area contributed by atoms with E-state index in [1.807, 2.05) is 13.0 Å². The highest BCUT2D eigenvalue weighted by atomic mass is 79.9. The van der Waals surface area contributed by atoms with Crippen LogP contribution in [0.5, 0.6) is 5.75 Å². The number of amides is 1. The Hall–Kier alpha value is -1.56. The first-order valence-corrected chi connectivity index (χ1v) is 7.59. The molecule has 21 heavy (non-hydrogen) atoms. The summed E-state index contributed by atoms with van der Waals surface area (Å²) in [4.78, 5) is 23.0. The molecule has 0 aliphatic rings. The van der Waals surface area contributed by atoms with E-state index in [0.29, 0.717) is 12.2 Å². The molecule has 0 fully saturated rings. The Morgan fingerprint density at radius 3 is 2.71 bits per heavy atom. The molecule has 0 aliphatic carbocycles. The maximum atomic E-state index is 11.9. The molecule has 116 valence electrons. The van der Waals surface area contributed by atoms with Gasteiger partial charge in [-0.05, 0) is 30.2 Å². The number of hydrogen-bond donors (Lipinski definition) is 2. The van der Waals surface area contributed by atoms with Gasteiger partial charge in [0.2, 0.25) is 5.91 Å². The summed E-state index contributed by atoms with van der Waals surface area (Å²) in [5, 5.41) is 11.7. The Balaban J connectivity index is 2.59. The van der Waals surface area contributed by atoms with E-state index in [-0.39, 0.29) is 18.9 Å². The first kappa shape index (κ1) is 17.5. The summed E-state index contributed by atoms with van der Waals surface area (Å²) in [6, 6.07) is 5.40. The minimum Gasteiger partial charge on any atom is -0.497 e. The van der Waals surface area contributed by atoms with Crippen molar-refractivity contribution in [2.45, 2.75) is 26.2 Å². The fourth-order valence-corrected chi connectivity index (χ4v) is 2.33. The van der Waals surface area contributed by atoms with Crippen molar-refractivity contribution in [3.05, 3.63) is 28.2 Å². The van der Waals surface area contributed by atoms with Crippen molar-refractivity contribution in [3.8, 4) is 5.75 Å². The predicted molar refractivity (Wildman–Crippen MR) is 83.4 cm³/mol. The zero-order valence-corrected chi connectivity index (χ0v) is 13.8. The van der Waals surface area contributed by atoms with Gasteiger partial charge in [0.05, 0.1) is 19.4 Å². The van der Waals surface area contributed by atoms with Gasteiger partial charge in [0, 0.05) is 11.0 Å². The van der Waals surface area contributed by atoms with Gasteiger partial charge in [0.1, 0.15) is 5.75 Å². The van der Waals surface area contributed by atoms with E-state index in [1.54, 1.807) is 19.2 Å². The average Bonchev–Trinajstić information content (AvgIpc) is 2.45. The highest BCUT2D eigenvalue weighted by Gasteiger charge is 2.17. The Bertz CT molecular complexity index is 504. The predicted octanol–water partition coefficient (Wildman–Crippen LogP) is 2.62. The van der Waals surface area contributed by atoms with E-state index in [2.05, 4.69) is 21.2 Å². The van der Waals surface area contributed by atoms with Crippen LogP contribution in [0, 0.1) is 5.92 Å². The molecule has 0 radical (unpaired) electrons. The average molecular weight is 358 g/mol. The van der Waals surface area contributed by atoms with E-state index in [0.717, 1.165) is 16.5 Å². The number of rotatable bonds is 8. The summed E-state index contributed by atoms with van der Waals surface area (Å²) in [5.41, 5.74) is 0.800. The molecule has 6 heteroatoms. The van der Waals surface area contributed by atoms with Crippen molar-refractivity contribution in [2.24, 2.45) is 5.92 Å². The molecular formula is C15H20BrNO4. The fraction of sp³-hybridized carbons (Fsp3) is 0.467. The molecule has 1 aromatic carbocycles. The number of methoxy groups -OCH3 is 1. The van der Waals surface area contributed by atoms with Crippen molar-refractivity contribution in [2.75, 3.05) is 13.7 Å². The number of carbonyl (C=O) groups is 2. The summed E-state index contributed by atoms with van der Waals surface area (Å²) >= 11 is 3.39. The normalized spacial score (nSPS) is 11.8. The third kappa shape index (κ3) is 5.75. The van der Waals surface area contributed by atoms with Gasteiger partial charge in [0.15, 0.2) is 0 Å². The number of aliphatic carboxylic acids is 1. The Kier molecular flexibility index (Phi) is 7.22. The molecule has 1 rings (SSSR count). The van der Waals surface area contributed by atoms with Crippen LogP contribution in [-0.2, 0) is 16.0 Å². The monoisotopic (exact) mass is 357 g/mol. The first-order valence-electron chi connectivity index (χ1n) is 6.79. The lowest BCUT2D eigenvalue weighted by Gasteiger charge is -2.13. The minimum absolute atomic E-state index is 0.156. The molecule has 1 atom stereocenters. The van der Waals surface area contributed by atoms with Crippen LogP contribution < -0.4 is 10.1 Å². The maximum absolute atomic E-state index is 11.9. The van der Waals surface area contributed by atoms with Gasteiger partial charge in [-0.25, -0.2) is 0 Å². The molecule has 0 aliphatic heterocycles. The number of carboxylic acid groups (broad SMARTS) is 1. The van der Waals surface area contributed by atoms with Crippen LogP contribution >= 0.6 is 15.9 Å². The van der Waals surface area contributed by atoms with Gasteiger partial charge in [-0.3, -0.25) is 9.59 Å². The number of hydrogen-bond acceptors (Lipinski definition) is 3. The Labute approximate surface area is 132 Å². The molecule has 1 aromatic rings. The smallest absolute Gasteiger partial charge is 0.308 e. The van der Waals surface area contributed by atoms with Crippen LogP contribution in [0.15, 0.2) is 22.7 Å². The van der Waals surface area contributed by atoms with E-state index in [1.165, 1.54) is 0 Å². The highest BCUT2D eigenvalue weighted by molar-refractivity contribution is 9.10. The number of carboxylic acids is 1. The molecule has 5 nitrogen and oxygen atoms in total. The van der Waals surface area contributed by atoms with E-state index < -0.39 is 11.9 Å². The molecule has 0 bridgehead atoms. The van der Waals surface area contributed by atoms with E-state index in [9.17, 15) is 9.59 Å². The van der Waals surface area contributed by atoms with Crippen molar-refractivity contribution >= 4 is 27.8 Å². The quantitative estimate of drug-likeness (QED) is 0.749. The van der Waals surface area contributed by atoms with Gasteiger partial charge in [0.25, 0.3) is 0 Å². The number of nitrogens with one attached hydrogen (secondary N) is 1. The molecule has 0 heterocycles. The highest BCUT2D eigenvalue weighted by Crippen LogP contribution is 2.22. The molecular weight excluding hydrogens is 338 g/mol. The topological polar surface area (TPSA) is 75.6 Å². The maximum Gasteiger partial charge on any atom is 0.308 e. The SMILES string of the molecule is CCCC(CNC(=O)Cc1cc(OC)ccc1Br)C(=O)O. The molecule has 0 saturated carbocycles. The van der Waals surface area contributed by atoms with Crippen molar-refractivity contribution in [3.63, 3.8) is 0 Å². The Morgan fingerprint density at radius 2 is 2.14 bits per heavy atom. The second-order valence-corrected chi connectivity index (χ2v) is 5.62. The first-order chi connectivity index (χ1) is 9.97. The number of ether oxygens (including phenoxy) is 1. The largest absolute Gasteiger partial charge is 0.497 e. The van der Waals surface area contributed by atoms with Gasteiger partial charge < -0.3 is 15.2 Å². The van der Waals surface area contributed by atoms with Crippen LogP contribution in [0.25, 0.3) is 0 Å². The lowest BCUT2D eigenvalue weighted by Crippen LogP contribution is -2.33. The second kappa shape index (κ2) is 8.67. The third-order valence-electron chi connectivity index (χ3n) is 3.14. The summed E-state index contributed by atoms with van der Waals surface area (Å²) in [7, 11) is 1.56. The zero-order chi connectivity index (χ0) is 15.8. The summed E-state index contributed by atoms with van der Waals surface area (Å²) in [6.07, 6.45) is 1.50. The molecule has 1 unspecified atom stereocenters. The summed E-state index contributed by atoms with van der Waals surface area (Å²) in [5.74, 6) is -0.936. The van der Waals surface area contributed by atoms with Crippen molar-refractivity contribution < 1.29 is 19.4 Å². The molecule has 0 saturated heterocycles. The van der Waals surface area contributed by atoms with Crippen molar-refractivity contribution in [1.29, 1.82) is 0 Å². The number of carbonyl (C=O) groups excluding carboxylic acids is 1. The van der Waals surface area contributed by atoms with Gasteiger partial charge in [-0.2, -0.15) is 0 Å². The number of halogens is 1. The minimum atomic E-state index is -0.875. The van der Waals surface area contributed by atoms with Gasteiger partial charge in [-0.1, -0.05) is 29.3 Å². The van der Waals surface area contributed by atoms with Gasteiger partial charge >= 0.3 is 5.97 Å². The van der Waals surface area contributed by atoms with E-state index in [4.69, 9.17) is 9.84 Å². The third-order valence-corrected chi connectivity index (χ3v) is 3.91. The second-order valence-electron chi connectivity index (χ2n) is 4.76. The van der Waals surface area contributed by atoms with Crippen LogP contribution in [0.1, 0.15) is 25.3 Å².